The first-order chi connectivity index (χ1) is 21.9. The molecule has 4 aliphatic rings. The second-order valence-corrected chi connectivity index (χ2v) is 14.5. The predicted molar refractivity (Wildman–Crippen MR) is 180 cm³/mol. The summed E-state index contributed by atoms with van der Waals surface area (Å²) in [6.07, 6.45) is 11.4. The molecule has 1 N–H and O–H groups in total. The van der Waals surface area contributed by atoms with Crippen LogP contribution in [-0.2, 0) is 14.4 Å². The van der Waals surface area contributed by atoms with Crippen LogP contribution in [0.15, 0.2) is 97.1 Å². The molecular formula is C37H39N3O4S. The molecule has 5 atom stereocenters. The molecule has 1 unspecified atom stereocenters. The molecule has 0 radical (unpaired) electrons. The minimum atomic E-state index is -0.885. The molecule has 0 saturated carbocycles. The standard InChI is InChI=1S/C37H39N3O4S/c1-36-19-11-22-38(28-15-5-4-6-16-28)33(42)30(36)31-34(43)40(21-9-2-3-10-24-41)32-35(44)39(23-12-20-37(31,32)45-36)29-18-17-26-13-7-8-14-27(26)25-29/h4-8,11-20,25,30-32,41H,2-3,9-10,21-24H2,1H3/t30-,31+,32?,36+,37+/m1/s1. The van der Waals surface area contributed by atoms with E-state index in [1.54, 1.807) is 21.6 Å². The van der Waals surface area contributed by atoms with Crippen LogP contribution >= 0.6 is 11.8 Å². The van der Waals surface area contributed by atoms with Gasteiger partial charge in [-0.15, -0.1) is 11.8 Å². The third kappa shape index (κ3) is 4.90. The Morgan fingerprint density at radius 2 is 1.42 bits per heavy atom. The number of aliphatic hydroxyl groups excluding tert-OH is 1. The van der Waals surface area contributed by atoms with Crippen molar-refractivity contribution >= 4 is 51.6 Å². The number of fused-ring (bicyclic) bond motifs is 3. The SMILES string of the molecule is C[C@]12C=CCN(c3ccccc3)C(=O)[C@H]1[C@H]1C(=O)N(CCCCCCO)C3C(=O)N(c4ccc5ccccc5c4)CC=C[C@@]31S2. The Labute approximate surface area is 268 Å². The number of amides is 3. The quantitative estimate of drug-likeness (QED) is 0.262. The van der Waals surface area contributed by atoms with Gasteiger partial charge in [0.25, 0.3) is 5.91 Å². The van der Waals surface area contributed by atoms with E-state index in [2.05, 4.69) is 25.1 Å². The summed E-state index contributed by atoms with van der Waals surface area (Å²) in [6, 6.07) is 23.1. The Balaban J connectivity index is 1.30. The molecule has 4 heterocycles. The molecule has 1 spiro atoms. The molecule has 2 fully saturated rings. The zero-order chi connectivity index (χ0) is 31.2. The largest absolute Gasteiger partial charge is 0.396 e. The van der Waals surface area contributed by atoms with Crippen molar-refractivity contribution in [3.8, 4) is 0 Å². The van der Waals surface area contributed by atoms with Crippen molar-refractivity contribution in [2.45, 2.75) is 48.1 Å². The molecule has 3 amide bonds. The van der Waals surface area contributed by atoms with Crippen LogP contribution in [0.2, 0.25) is 0 Å². The number of para-hydroxylation sites is 1. The maximum atomic E-state index is 14.9. The van der Waals surface area contributed by atoms with E-state index in [9.17, 15) is 19.5 Å². The summed E-state index contributed by atoms with van der Waals surface area (Å²) >= 11 is 1.62. The molecule has 3 aromatic carbocycles. The highest BCUT2D eigenvalue weighted by molar-refractivity contribution is 8.02. The molecule has 2 saturated heterocycles. The Morgan fingerprint density at radius 3 is 2.20 bits per heavy atom. The molecule has 45 heavy (non-hydrogen) atoms. The number of hydrogen-bond donors (Lipinski definition) is 1. The van der Waals surface area contributed by atoms with Crippen molar-refractivity contribution in [3.63, 3.8) is 0 Å². The van der Waals surface area contributed by atoms with Gasteiger partial charge in [0.05, 0.1) is 16.6 Å². The average molecular weight is 622 g/mol. The number of unbranched alkanes of at least 4 members (excludes halogenated alkanes) is 3. The summed E-state index contributed by atoms with van der Waals surface area (Å²) in [4.78, 5) is 49.5. The molecule has 7 nitrogen and oxygen atoms in total. The van der Waals surface area contributed by atoms with Gasteiger partial charge in [-0.1, -0.05) is 85.7 Å². The number of likely N-dealkylation sites (tertiary alicyclic amines) is 1. The third-order valence-electron chi connectivity index (χ3n) is 9.98. The summed E-state index contributed by atoms with van der Waals surface area (Å²) in [7, 11) is 0. The lowest BCUT2D eigenvalue weighted by molar-refractivity contribution is -0.139. The number of benzene rings is 3. The zero-order valence-corrected chi connectivity index (χ0v) is 26.4. The summed E-state index contributed by atoms with van der Waals surface area (Å²) in [5, 5.41) is 11.4. The van der Waals surface area contributed by atoms with E-state index in [1.807, 2.05) is 83.8 Å². The van der Waals surface area contributed by atoms with Gasteiger partial charge in [-0.2, -0.15) is 0 Å². The third-order valence-corrected chi connectivity index (χ3v) is 11.8. The number of thioether (sulfide) groups is 1. The van der Waals surface area contributed by atoms with Crippen LogP contribution < -0.4 is 9.80 Å². The summed E-state index contributed by atoms with van der Waals surface area (Å²) in [5.41, 5.74) is 1.61. The topological polar surface area (TPSA) is 81.2 Å². The van der Waals surface area contributed by atoms with Crippen molar-refractivity contribution in [1.29, 1.82) is 0 Å². The molecular weight excluding hydrogens is 582 g/mol. The first-order valence-corrected chi connectivity index (χ1v) is 16.8. The number of nitrogens with zero attached hydrogens (tertiary/aromatic N) is 3. The molecule has 7 rings (SSSR count). The van der Waals surface area contributed by atoms with Gasteiger partial charge in [0.15, 0.2) is 0 Å². The molecule has 232 valence electrons. The fraction of sp³-hybridized carbons (Fsp3) is 0.378. The lowest BCUT2D eigenvalue weighted by Gasteiger charge is -2.37. The second kappa shape index (κ2) is 11.8. The van der Waals surface area contributed by atoms with Gasteiger partial charge < -0.3 is 19.8 Å². The van der Waals surface area contributed by atoms with Crippen molar-refractivity contribution in [2.75, 3.05) is 36.0 Å². The van der Waals surface area contributed by atoms with Gasteiger partial charge in [0, 0.05) is 42.4 Å². The fourth-order valence-electron chi connectivity index (χ4n) is 7.93. The van der Waals surface area contributed by atoms with E-state index in [4.69, 9.17) is 0 Å². The number of hydrogen-bond acceptors (Lipinski definition) is 5. The minimum absolute atomic E-state index is 0.0727. The van der Waals surface area contributed by atoms with Crippen LogP contribution in [0.25, 0.3) is 10.8 Å². The molecule has 0 aromatic heterocycles. The van der Waals surface area contributed by atoms with Gasteiger partial charge in [-0.25, -0.2) is 0 Å². The highest BCUT2D eigenvalue weighted by Crippen LogP contribution is 2.65. The number of rotatable bonds is 8. The Hall–Kier alpha value is -3.88. The van der Waals surface area contributed by atoms with Gasteiger partial charge in [0.1, 0.15) is 6.04 Å². The van der Waals surface area contributed by atoms with Gasteiger partial charge in [-0.05, 0) is 54.8 Å². The lowest BCUT2D eigenvalue weighted by atomic mass is 9.74. The average Bonchev–Trinajstić information content (AvgIpc) is 3.31. The molecule has 3 aromatic rings. The molecule has 4 aliphatic heterocycles. The number of aliphatic hydroxyl groups is 1. The van der Waals surface area contributed by atoms with Gasteiger partial charge in [0.2, 0.25) is 11.8 Å². The van der Waals surface area contributed by atoms with Gasteiger partial charge in [-0.3, -0.25) is 14.4 Å². The van der Waals surface area contributed by atoms with E-state index in [0.29, 0.717) is 26.1 Å². The lowest BCUT2D eigenvalue weighted by Crippen LogP contribution is -2.53. The smallest absolute Gasteiger partial charge is 0.251 e. The first kappa shape index (κ1) is 29.8. The molecule has 0 aliphatic carbocycles. The normalized spacial score (nSPS) is 29.2. The number of carbonyl (C=O) groups excluding carboxylic acids is 3. The van der Waals surface area contributed by atoms with Crippen molar-refractivity contribution < 1.29 is 19.5 Å². The summed E-state index contributed by atoms with van der Waals surface area (Å²) in [5.74, 6) is -1.59. The minimum Gasteiger partial charge on any atom is -0.396 e. The maximum absolute atomic E-state index is 14.9. The van der Waals surface area contributed by atoms with Crippen molar-refractivity contribution in [2.24, 2.45) is 11.8 Å². The van der Waals surface area contributed by atoms with Crippen LogP contribution in [0.3, 0.4) is 0 Å². The Kier molecular flexibility index (Phi) is 7.82. The van der Waals surface area contributed by atoms with Crippen LogP contribution in [-0.4, -0.2) is 69.5 Å². The van der Waals surface area contributed by atoms with Crippen LogP contribution in [0.4, 0.5) is 11.4 Å². The van der Waals surface area contributed by atoms with E-state index >= 15 is 0 Å². The Morgan fingerprint density at radius 1 is 0.733 bits per heavy atom. The predicted octanol–water partition coefficient (Wildman–Crippen LogP) is 5.59. The summed E-state index contributed by atoms with van der Waals surface area (Å²) in [6.45, 7) is 3.47. The van der Waals surface area contributed by atoms with E-state index in [1.165, 1.54) is 0 Å². The van der Waals surface area contributed by atoms with Crippen LogP contribution in [0.5, 0.6) is 0 Å². The van der Waals surface area contributed by atoms with Crippen molar-refractivity contribution in [3.05, 3.63) is 97.1 Å². The number of anilines is 2. The van der Waals surface area contributed by atoms with Crippen molar-refractivity contribution in [1.82, 2.24) is 4.90 Å². The fourth-order valence-corrected chi connectivity index (χ4v) is 10.1. The van der Waals surface area contributed by atoms with E-state index in [0.717, 1.165) is 41.4 Å². The summed E-state index contributed by atoms with van der Waals surface area (Å²) < 4.78 is -1.54. The zero-order valence-electron chi connectivity index (χ0n) is 25.5. The molecule has 8 heteroatoms. The second-order valence-electron chi connectivity index (χ2n) is 12.7. The first-order valence-electron chi connectivity index (χ1n) is 16.0. The monoisotopic (exact) mass is 621 g/mol. The maximum Gasteiger partial charge on any atom is 0.251 e. The highest BCUT2D eigenvalue weighted by Gasteiger charge is 2.74. The highest BCUT2D eigenvalue weighted by atomic mass is 32.2. The van der Waals surface area contributed by atoms with E-state index < -0.39 is 27.4 Å². The van der Waals surface area contributed by atoms with Gasteiger partial charge >= 0.3 is 0 Å². The Bertz CT molecular complexity index is 1690. The number of carbonyl (C=O) groups is 3. The van der Waals surface area contributed by atoms with Crippen LogP contribution in [0, 0.1) is 11.8 Å². The van der Waals surface area contributed by atoms with E-state index in [-0.39, 0.29) is 24.3 Å². The molecule has 0 bridgehead atoms. The van der Waals surface area contributed by atoms with Crippen LogP contribution in [0.1, 0.15) is 32.6 Å².